The standard InChI is InChI=1S/C16H16N4O/c1-21-16-13(7-4-10-19-16)15(20-17)12-5-2-8-14-11(12)6-3-9-18-14/h2-10,15,20H,17H2,1H3. The van der Waals surface area contributed by atoms with E-state index in [9.17, 15) is 0 Å². The number of nitrogens with one attached hydrogen (secondary N) is 1. The van der Waals surface area contributed by atoms with Crippen LogP contribution in [0.25, 0.3) is 10.9 Å². The summed E-state index contributed by atoms with van der Waals surface area (Å²) >= 11 is 0. The van der Waals surface area contributed by atoms with E-state index in [1.165, 1.54) is 0 Å². The van der Waals surface area contributed by atoms with Crippen molar-refractivity contribution in [3.63, 3.8) is 0 Å². The Hall–Kier alpha value is -2.50. The van der Waals surface area contributed by atoms with Gasteiger partial charge in [0, 0.05) is 23.3 Å². The Morgan fingerprint density at radius 3 is 2.57 bits per heavy atom. The van der Waals surface area contributed by atoms with Gasteiger partial charge in [-0.1, -0.05) is 24.3 Å². The van der Waals surface area contributed by atoms with Gasteiger partial charge >= 0.3 is 0 Å². The van der Waals surface area contributed by atoms with Crippen LogP contribution in [0.2, 0.25) is 0 Å². The number of hydrogen-bond acceptors (Lipinski definition) is 5. The fraction of sp³-hybridized carbons (Fsp3) is 0.125. The van der Waals surface area contributed by atoms with Gasteiger partial charge in [0.1, 0.15) is 0 Å². The third-order valence-corrected chi connectivity index (χ3v) is 3.46. The van der Waals surface area contributed by atoms with E-state index >= 15 is 0 Å². The van der Waals surface area contributed by atoms with Crippen LogP contribution in [0.3, 0.4) is 0 Å². The Balaban J connectivity index is 2.19. The zero-order valence-electron chi connectivity index (χ0n) is 11.7. The van der Waals surface area contributed by atoms with Crippen LogP contribution in [-0.2, 0) is 0 Å². The summed E-state index contributed by atoms with van der Waals surface area (Å²) in [5.41, 5.74) is 5.71. The Morgan fingerprint density at radius 1 is 1.00 bits per heavy atom. The molecule has 0 aliphatic carbocycles. The summed E-state index contributed by atoms with van der Waals surface area (Å²) in [5, 5.41) is 1.05. The summed E-state index contributed by atoms with van der Waals surface area (Å²) in [4.78, 5) is 8.62. The second kappa shape index (κ2) is 5.87. The molecule has 0 aliphatic heterocycles. The number of hydrazine groups is 1. The fourth-order valence-electron chi connectivity index (χ4n) is 2.52. The van der Waals surface area contributed by atoms with E-state index in [2.05, 4.69) is 15.4 Å². The molecule has 2 heterocycles. The van der Waals surface area contributed by atoms with Crippen LogP contribution in [-0.4, -0.2) is 17.1 Å². The van der Waals surface area contributed by atoms with E-state index in [4.69, 9.17) is 10.6 Å². The number of aromatic nitrogens is 2. The first-order valence-corrected chi connectivity index (χ1v) is 6.64. The predicted molar refractivity (Wildman–Crippen MR) is 81.7 cm³/mol. The van der Waals surface area contributed by atoms with E-state index < -0.39 is 0 Å². The van der Waals surface area contributed by atoms with Gasteiger partial charge in [0.15, 0.2) is 0 Å². The molecule has 0 amide bonds. The topological polar surface area (TPSA) is 73.1 Å². The van der Waals surface area contributed by atoms with Gasteiger partial charge < -0.3 is 4.74 Å². The number of fused-ring (bicyclic) bond motifs is 1. The normalized spacial score (nSPS) is 12.3. The maximum atomic E-state index is 5.80. The number of methoxy groups -OCH3 is 1. The van der Waals surface area contributed by atoms with Crippen LogP contribution >= 0.6 is 0 Å². The van der Waals surface area contributed by atoms with Crippen molar-refractivity contribution in [3.8, 4) is 5.88 Å². The van der Waals surface area contributed by atoms with Crippen LogP contribution in [0.5, 0.6) is 5.88 Å². The largest absolute Gasteiger partial charge is 0.481 e. The van der Waals surface area contributed by atoms with Gasteiger partial charge in [0.2, 0.25) is 5.88 Å². The molecule has 3 rings (SSSR count). The first-order chi connectivity index (χ1) is 10.3. The van der Waals surface area contributed by atoms with E-state index in [0.29, 0.717) is 5.88 Å². The number of rotatable bonds is 4. The third kappa shape index (κ3) is 2.44. The van der Waals surface area contributed by atoms with Crippen LogP contribution < -0.4 is 16.0 Å². The average molecular weight is 280 g/mol. The highest BCUT2D eigenvalue weighted by Gasteiger charge is 2.19. The van der Waals surface area contributed by atoms with Gasteiger partial charge in [-0.05, 0) is 23.8 Å². The van der Waals surface area contributed by atoms with Crippen molar-refractivity contribution in [1.82, 2.24) is 15.4 Å². The Morgan fingerprint density at radius 2 is 1.76 bits per heavy atom. The number of nitrogens with two attached hydrogens (primary N) is 1. The van der Waals surface area contributed by atoms with Crippen molar-refractivity contribution in [2.75, 3.05) is 7.11 Å². The minimum Gasteiger partial charge on any atom is -0.481 e. The minimum atomic E-state index is -0.221. The number of hydrogen-bond donors (Lipinski definition) is 2. The SMILES string of the molecule is COc1ncccc1C(NN)c1cccc2ncccc12. The van der Waals surface area contributed by atoms with Crippen molar-refractivity contribution in [3.05, 3.63) is 66.0 Å². The molecular weight excluding hydrogens is 264 g/mol. The highest BCUT2D eigenvalue weighted by Crippen LogP contribution is 2.31. The number of nitrogens with zero attached hydrogens (tertiary/aromatic N) is 2. The quantitative estimate of drug-likeness (QED) is 0.566. The van der Waals surface area contributed by atoms with Gasteiger partial charge in [-0.25, -0.2) is 10.4 Å². The van der Waals surface area contributed by atoms with Crippen molar-refractivity contribution in [1.29, 1.82) is 0 Å². The van der Waals surface area contributed by atoms with Gasteiger partial charge in [-0.2, -0.15) is 0 Å². The van der Waals surface area contributed by atoms with Gasteiger partial charge in [0.05, 0.1) is 18.7 Å². The molecule has 0 fully saturated rings. The molecule has 5 nitrogen and oxygen atoms in total. The summed E-state index contributed by atoms with van der Waals surface area (Å²) < 4.78 is 5.34. The Bertz CT molecular complexity index is 755. The van der Waals surface area contributed by atoms with Crippen LogP contribution in [0, 0.1) is 0 Å². The molecule has 1 aromatic carbocycles. The molecule has 0 bridgehead atoms. The lowest BCUT2D eigenvalue weighted by Gasteiger charge is -2.20. The maximum absolute atomic E-state index is 5.80. The zero-order valence-corrected chi connectivity index (χ0v) is 11.7. The van der Waals surface area contributed by atoms with Gasteiger partial charge in [0.25, 0.3) is 0 Å². The summed E-state index contributed by atoms with van der Waals surface area (Å²) in [7, 11) is 1.60. The predicted octanol–water partition coefficient (Wildman–Crippen LogP) is 2.19. The van der Waals surface area contributed by atoms with Crippen LogP contribution in [0.1, 0.15) is 17.2 Å². The summed E-state index contributed by atoms with van der Waals surface area (Å²) in [6, 6.07) is 13.5. The highest BCUT2D eigenvalue weighted by molar-refractivity contribution is 5.83. The lowest BCUT2D eigenvalue weighted by Crippen LogP contribution is -2.29. The molecule has 2 aromatic heterocycles. The molecule has 3 N–H and O–H groups in total. The average Bonchev–Trinajstić information content (AvgIpc) is 2.56. The van der Waals surface area contributed by atoms with Crippen LogP contribution in [0.4, 0.5) is 0 Å². The van der Waals surface area contributed by atoms with E-state index in [-0.39, 0.29) is 6.04 Å². The first kappa shape index (κ1) is 13.5. The van der Waals surface area contributed by atoms with Crippen molar-refractivity contribution >= 4 is 10.9 Å². The summed E-state index contributed by atoms with van der Waals surface area (Å²) in [6.07, 6.45) is 3.47. The fourth-order valence-corrected chi connectivity index (χ4v) is 2.52. The van der Waals surface area contributed by atoms with Crippen molar-refractivity contribution < 1.29 is 4.74 Å². The lowest BCUT2D eigenvalue weighted by atomic mass is 9.96. The highest BCUT2D eigenvalue weighted by atomic mass is 16.5. The molecule has 5 heteroatoms. The number of benzene rings is 1. The third-order valence-electron chi connectivity index (χ3n) is 3.46. The molecular formula is C16H16N4O. The molecule has 0 aliphatic rings. The van der Waals surface area contributed by atoms with E-state index in [1.54, 1.807) is 19.5 Å². The smallest absolute Gasteiger partial charge is 0.218 e. The molecule has 106 valence electrons. The molecule has 21 heavy (non-hydrogen) atoms. The van der Waals surface area contributed by atoms with E-state index in [1.807, 2.05) is 42.5 Å². The number of pyridine rings is 2. The molecule has 0 saturated carbocycles. The minimum absolute atomic E-state index is 0.221. The lowest BCUT2D eigenvalue weighted by molar-refractivity contribution is 0.387. The second-order valence-electron chi connectivity index (χ2n) is 4.62. The number of ether oxygens (including phenoxy) is 1. The summed E-state index contributed by atoms with van der Waals surface area (Å²) in [6.45, 7) is 0. The van der Waals surface area contributed by atoms with Crippen molar-refractivity contribution in [2.45, 2.75) is 6.04 Å². The van der Waals surface area contributed by atoms with E-state index in [0.717, 1.165) is 22.0 Å². The second-order valence-corrected chi connectivity index (χ2v) is 4.62. The van der Waals surface area contributed by atoms with Gasteiger partial charge in [-0.3, -0.25) is 10.8 Å². The van der Waals surface area contributed by atoms with Crippen molar-refractivity contribution in [2.24, 2.45) is 5.84 Å². The Labute approximate surface area is 122 Å². The molecule has 1 unspecified atom stereocenters. The molecule has 1 atom stereocenters. The molecule has 0 radical (unpaired) electrons. The van der Waals surface area contributed by atoms with Gasteiger partial charge in [-0.15, -0.1) is 0 Å². The summed E-state index contributed by atoms with van der Waals surface area (Å²) in [5.74, 6) is 6.35. The van der Waals surface area contributed by atoms with Crippen LogP contribution in [0.15, 0.2) is 54.9 Å². The maximum Gasteiger partial charge on any atom is 0.218 e. The monoisotopic (exact) mass is 280 g/mol. The first-order valence-electron chi connectivity index (χ1n) is 6.64. The Kier molecular flexibility index (Phi) is 3.77. The zero-order chi connectivity index (χ0) is 14.7. The molecule has 0 spiro atoms. The molecule has 0 saturated heterocycles. The molecule has 3 aromatic rings.